The van der Waals surface area contributed by atoms with Crippen LogP contribution >= 0.6 is 0 Å². The van der Waals surface area contributed by atoms with Crippen molar-refractivity contribution in [3.63, 3.8) is 0 Å². The number of phenols is 2. The minimum atomic E-state index is -0.0705. The van der Waals surface area contributed by atoms with Crippen molar-refractivity contribution in [2.24, 2.45) is 5.16 Å². The van der Waals surface area contributed by atoms with E-state index in [4.69, 9.17) is 10.3 Å². The molecule has 0 amide bonds. The number of unbranched alkanes of at least 4 members (excludes halogenated alkanes) is 1. The number of hydrogen-bond donors (Lipinski definition) is 3. The molecular formula is C11H15NO3. The summed E-state index contributed by atoms with van der Waals surface area (Å²) in [5.41, 5.74) is 0.901. The predicted octanol–water partition coefficient (Wildman–Crippen LogP) is 2.47. The molecule has 0 heterocycles. The maximum Gasteiger partial charge on any atom is 0.128 e. The lowest BCUT2D eigenvalue weighted by Gasteiger charge is -2.06. The third-order valence-electron chi connectivity index (χ3n) is 2.18. The van der Waals surface area contributed by atoms with Crippen molar-refractivity contribution in [1.82, 2.24) is 0 Å². The molecule has 0 aromatic heterocycles. The highest BCUT2D eigenvalue weighted by molar-refractivity contribution is 6.02. The van der Waals surface area contributed by atoms with Crippen molar-refractivity contribution in [3.8, 4) is 11.5 Å². The number of phenolic OH excluding ortho intramolecular Hbond substituents is 2. The van der Waals surface area contributed by atoms with Crippen LogP contribution in [0.2, 0.25) is 0 Å². The lowest BCUT2D eigenvalue weighted by Crippen LogP contribution is -2.01. The molecule has 1 rings (SSSR count). The van der Waals surface area contributed by atoms with Gasteiger partial charge >= 0.3 is 0 Å². The summed E-state index contributed by atoms with van der Waals surface area (Å²) in [6, 6.07) is 4.22. The molecular weight excluding hydrogens is 194 g/mol. The Morgan fingerprint density at radius 3 is 2.60 bits per heavy atom. The summed E-state index contributed by atoms with van der Waals surface area (Å²) in [4.78, 5) is 0. The summed E-state index contributed by atoms with van der Waals surface area (Å²) in [6.45, 7) is 2.03. The number of benzene rings is 1. The van der Waals surface area contributed by atoms with Gasteiger partial charge < -0.3 is 15.4 Å². The first kappa shape index (κ1) is 11.4. The van der Waals surface area contributed by atoms with Gasteiger partial charge in [-0.25, -0.2) is 0 Å². The van der Waals surface area contributed by atoms with Crippen molar-refractivity contribution in [2.45, 2.75) is 26.2 Å². The van der Waals surface area contributed by atoms with Gasteiger partial charge in [0, 0.05) is 11.6 Å². The Hall–Kier alpha value is -1.71. The molecule has 0 saturated heterocycles. The van der Waals surface area contributed by atoms with Crippen molar-refractivity contribution in [3.05, 3.63) is 23.8 Å². The van der Waals surface area contributed by atoms with E-state index in [1.165, 1.54) is 18.2 Å². The largest absolute Gasteiger partial charge is 0.508 e. The zero-order valence-electron chi connectivity index (χ0n) is 8.64. The molecule has 15 heavy (non-hydrogen) atoms. The number of hydrogen-bond acceptors (Lipinski definition) is 4. The first-order chi connectivity index (χ1) is 7.19. The molecule has 1 aromatic carbocycles. The highest BCUT2D eigenvalue weighted by Crippen LogP contribution is 2.24. The van der Waals surface area contributed by atoms with Gasteiger partial charge in [-0.05, 0) is 25.0 Å². The Labute approximate surface area is 88.5 Å². The van der Waals surface area contributed by atoms with E-state index >= 15 is 0 Å². The Morgan fingerprint density at radius 1 is 1.33 bits per heavy atom. The van der Waals surface area contributed by atoms with Gasteiger partial charge in [0.15, 0.2) is 0 Å². The van der Waals surface area contributed by atoms with Crippen molar-refractivity contribution >= 4 is 5.71 Å². The summed E-state index contributed by atoms with van der Waals surface area (Å²) in [6.07, 6.45) is 2.48. The molecule has 0 aliphatic heterocycles. The predicted molar refractivity (Wildman–Crippen MR) is 57.6 cm³/mol. The second-order valence-electron chi connectivity index (χ2n) is 3.35. The van der Waals surface area contributed by atoms with Gasteiger partial charge in [0.25, 0.3) is 0 Å². The number of nitrogens with zero attached hydrogens (tertiary/aromatic N) is 1. The van der Waals surface area contributed by atoms with Crippen LogP contribution in [0.15, 0.2) is 23.4 Å². The SMILES string of the molecule is CCCC/C(=N\O)c1ccc(O)cc1O. The van der Waals surface area contributed by atoms with E-state index in [0.29, 0.717) is 17.7 Å². The lowest BCUT2D eigenvalue weighted by molar-refractivity contribution is 0.317. The summed E-state index contributed by atoms with van der Waals surface area (Å²) < 4.78 is 0. The molecule has 0 fully saturated rings. The summed E-state index contributed by atoms with van der Waals surface area (Å²) in [7, 11) is 0. The normalized spacial score (nSPS) is 11.7. The first-order valence-electron chi connectivity index (χ1n) is 4.92. The van der Waals surface area contributed by atoms with Gasteiger partial charge in [-0.2, -0.15) is 0 Å². The third-order valence-corrected chi connectivity index (χ3v) is 2.18. The van der Waals surface area contributed by atoms with Crippen molar-refractivity contribution < 1.29 is 15.4 Å². The number of rotatable bonds is 4. The Balaban J connectivity index is 2.93. The highest BCUT2D eigenvalue weighted by Gasteiger charge is 2.09. The summed E-state index contributed by atoms with van der Waals surface area (Å²) >= 11 is 0. The van der Waals surface area contributed by atoms with E-state index in [-0.39, 0.29) is 11.5 Å². The van der Waals surface area contributed by atoms with Crippen LogP contribution in [0.3, 0.4) is 0 Å². The zero-order chi connectivity index (χ0) is 11.3. The monoisotopic (exact) mass is 209 g/mol. The van der Waals surface area contributed by atoms with Gasteiger partial charge in [0.1, 0.15) is 11.5 Å². The summed E-state index contributed by atoms with van der Waals surface area (Å²) in [5.74, 6) is -0.0806. The maximum absolute atomic E-state index is 9.54. The van der Waals surface area contributed by atoms with Gasteiger partial charge in [-0.3, -0.25) is 0 Å². The van der Waals surface area contributed by atoms with Crippen LogP contribution in [0.4, 0.5) is 0 Å². The number of oxime groups is 1. The molecule has 4 nitrogen and oxygen atoms in total. The average Bonchev–Trinajstić information content (AvgIpc) is 2.21. The standard InChI is InChI=1S/C11H15NO3/c1-2-3-4-10(12-15)9-6-5-8(13)7-11(9)14/h5-7,13-15H,2-4H2,1H3/b12-10+. The maximum atomic E-state index is 9.54. The molecule has 0 aliphatic rings. The topological polar surface area (TPSA) is 73.1 Å². The van der Waals surface area contributed by atoms with E-state index in [9.17, 15) is 5.11 Å². The molecule has 0 atom stereocenters. The third kappa shape index (κ3) is 2.87. The Bertz CT molecular complexity index is 361. The van der Waals surface area contributed by atoms with E-state index in [2.05, 4.69) is 5.16 Å². The van der Waals surface area contributed by atoms with Crippen LogP contribution in [0, 0.1) is 0 Å². The molecule has 4 heteroatoms. The smallest absolute Gasteiger partial charge is 0.128 e. The zero-order valence-corrected chi connectivity index (χ0v) is 8.64. The van der Waals surface area contributed by atoms with E-state index in [0.717, 1.165) is 12.8 Å². The van der Waals surface area contributed by atoms with Crippen LogP contribution in [0.1, 0.15) is 31.7 Å². The Kier molecular flexibility index (Phi) is 3.97. The molecule has 0 radical (unpaired) electrons. The van der Waals surface area contributed by atoms with Gasteiger partial charge in [-0.1, -0.05) is 18.5 Å². The van der Waals surface area contributed by atoms with Gasteiger partial charge in [0.2, 0.25) is 0 Å². The molecule has 0 aliphatic carbocycles. The van der Waals surface area contributed by atoms with Crippen LogP contribution in [0.25, 0.3) is 0 Å². The molecule has 82 valence electrons. The quantitative estimate of drug-likeness (QED) is 0.405. The average molecular weight is 209 g/mol. The van der Waals surface area contributed by atoms with Gasteiger partial charge in [0.05, 0.1) is 5.71 Å². The Morgan fingerprint density at radius 2 is 2.07 bits per heavy atom. The first-order valence-corrected chi connectivity index (χ1v) is 4.92. The van der Waals surface area contributed by atoms with E-state index < -0.39 is 0 Å². The van der Waals surface area contributed by atoms with Crippen LogP contribution in [-0.2, 0) is 0 Å². The fourth-order valence-electron chi connectivity index (χ4n) is 1.35. The number of aromatic hydroxyl groups is 2. The molecule has 1 aromatic rings. The minimum absolute atomic E-state index is 0.0102. The van der Waals surface area contributed by atoms with E-state index in [1.807, 2.05) is 6.92 Å². The second-order valence-corrected chi connectivity index (χ2v) is 3.35. The van der Waals surface area contributed by atoms with Crippen LogP contribution < -0.4 is 0 Å². The molecule has 0 bridgehead atoms. The van der Waals surface area contributed by atoms with Crippen LogP contribution in [-0.4, -0.2) is 21.1 Å². The fraction of sp³-hybridized carbons (Fsp3) is 0.364. The molecule has 0 unspecified atom stereocenters. The fourth-order valence-corrected chi connectivity index (χ4v) is 1.35. The van der Waals surface area contributed by atoms with Gasteiger partial charge in [-0.15, -0.1) is 0 Å². The minimum Gasteiger partial charge on any atom is -0.508 e. The van der Waals surface area contributed by atoms with Crippen molar-refractivity contribution in [2.75, 3.05) is 0 Å². The van der Waals surface area contributed by atoms with Crippen LogP contribution in [0.5, 0.6) is 11.5 Å². The molecule has 3 N–H and O–H groups in total. The lowest BCUT2D eigenvalue weighted by atomic mass is 10.0. The highest BCUT2D eigenvalue weighted by atomic mass is 16.4. The van der Waals surface area contributed by atoms with E-state index in [1.54, 1.807) is 0 Å². The molecule has 0 spiro atoms. The summed E-state index contributed by atoms with van der Waals surface area (Å²) in [5, 5.41) is 30.6. The van der Waals surface area contributed by atoms with Crippen molar-refractivity contribution in [1.29, 1.82) is 0 Å². The second kappa shape index (κ2) is 5.24. The molecule has 0 saturated carbocycles.